The monoisotopic (exact) mass is 334 g/mol. The number of aromatic nitrogens is 2. The van der Waals surface area contributed by atoms with Gasteiger partial charge in [0.15, 0.2) is 0 Å². The van der Waals surface area contributed by atoms with E-state index < -0.39 is 0 Å². The van der Waals surface area contributed by atoms with E-state index in [1.54, 1.807) is 18.0 Å². The number of hydrogen-bond acceptors (Lipinski definition) is 3. The van der Waals surface area contributed by atoms with E-state index in [9.17, 15) is 9.59 Å². The maximum absolute atomic E-state index is 13.0. The zero-order chi connectivity index (χ0) is 17.4. The van der Waals surface area contributed by atoms with Gasteiger partial charge in [0.25, 0.3) is 5.91 Å². The lowest BCUT2D eigenvalue weighted by Crippen LogP contribution is -2.37. The maximum atomic E-state index is 13.0. The summed E-state index contributed by atoms with van der Waals surface area (Å²) >= 11 is 0. The van der Waals surface area contributed by atoms with Crippen LogP contribution in [0.15, 0.2) is 48.7 Å². The molecule has 0 saturated heterocycles. The molecule has 0 radical (unpaired) electrons. The van der Waals surface area contributed by atoms with Crippen LogP contribution in [0.1, 0.15) is 23.0 Å². The quantitative estimate of drug-likeness (QED) is 0.783. The molecule has 0 fully saturated rings. The molecule has 1 aliphatic heterocycles. The van der Waals surface area contributed by atoms with Crippen LogP contribution in [0.2, 0.25) is 0 Å². The SMILES string of the molecule is CC(=O)N1CCn2c(c(C(=O)Nc3ccccc3)c3cccnc32)C1. The summed E-state index contributed by atoms with van der Waals surface area (Å²) in [6, 6.07) is 13.1. The topological polar surface area (TPSA) is 67.2 Å². The van der Waals surface area contributed by atoms with Gasteiger partial charge in [0.05, 0.1) is 17.8 Å². The number of carbonyl (C=O) groups is 2. The first kappa shape index (κ1) is 15.4. The molecule has 0 aliphatic carbocycles. The Labute approximate surface area is 145 Å². The molecule has 6 heteroatoms. The number of carbonyl (C=O) groups excluding carboxylic acids is 2. The van der Waals surface area contributed by atoms with Crippen LogP contribution in [0, 0.1) is 0 Å². The highest BCUT2D eigenvalue weighted by molar-refractivity contribution is 6.13. The molecule has 0 saturated carbocycles. The second-order valence-electron chi connectivity index (χ2n) is 6.11. The van der Waals surface area contributed by atoms with Crippen molar-refractivity contribution >= 4 is 28.5 Å². The highest BCUT2D eigenvalue weighted by Crippen LogP contribution is 2.29. The number of hydrogen-bond donors (Lipinski definition) is 1. The van der Waals surface area contributed by atoms with Gasteiger partial charge in [-0.15, -0.1) is 0 Å². The number of fused-ring (bicyclic) bond motifs is 3. The maximum Gasteiger partial charge on any atom is 0.258 e. The van der Waals surface area contributed by atoms with Crippen LogP contribution in [0.3, 0.4) is 0 Å². The molecule has 0 atom stereocenters. The van der Waals surface area contributed by atoms with Crippen LogP contribution in [0.5, 0.6) is 0 Å². The number of nitrogens with zero attached hydrogens (tertiary/aromatic N) is 3. The van der Waals surface area contributed by atoms with Crippen molar-refractivity contribution in [3.8, 4) is 0 Å². The third-order valence-corrected chi connectivity index (χ3v) is 4.56. The Balaban J connectivity index is 1.81. The van der Waals surface area contributed by atoms with E-state index in [2.05, 4.69) is 14.9 Å². The third-order valence-electron chi connectivity index (χ3n) is 4.56. The summed E-state index contributed by atoms with van der Waals surface area (Å²) in [6.45, 7) is 3.24. The lowest BCUT2D eigenvalue weighted by Gasteiger charge is -2.28. The minimum absolute atomic E-state index is 0.0129. The van der Waals surface area contributed by atoms with Crippen molar-refractivity contribution in [3.63, 3.8) is 0 Å². The number of pyridine rings is 1. The van der Waals surface area contributed by atoms with Crippen LogP contribution in [0.25, 0.3) is 11.0 Å². The fourth-order valence-electron chi connectivity index (χ4n) is 3.35. The van der Waals surface area contributed by atoms with Crippen LogP contribution in [-0.2, 0) is 17.9 Å². The standard InChI is InChI=1S/C19H18N4O2/c1-13(24)22-10-11-23-16(12-22)17(15-8-5-9-20-18(15)23)19(25)21-14-6-3-2-4-7-14/h2-9H,10-12H2,1H3,(H,21,25). The minimum atomic E-state index is -0.177. The summed E-state index contributed by atoms with van der Waals surface area (Å²) in [5.41, 5.74) is 2.96. The molecule has 126 valence electrons. The predicted molar refractivity (Wildman–Crippen MR) is 95.2 cm³/mol. The summed E-state index contributed by atoms with van der Waals surface area (Å²) < 4.78 is 2.05. The van der Waals surface area contributed by atoms with Crippen molar-refractivity contribution in [3.05, 3.63) is 59.9 Å². The first-order chi connectivity index (χ1) is 12.1. The van der Waals surface area contributed by atoms with Gasteiger partial charge in [-0.25, -0.2) is 4.98 Å². The molecule has 1 aliphatic rings. The lowest BCUT2D eigenvalue weighted by atomic mass is 10.1. The molecule has 4 rings (SSSR count). The molecule has 2 aromatic heterocycles. The average molecular weight is 334 g/mol. The Kier molecular flexibility index (Phi) is 3.72. The Morgan fingerprint density at radius 1 is 1.08 bits per heavy atom. The van der Waals surface area contributed by atoms with Gasteiger partial charge in [0, 0.05) is 37.3 Å². The van der Waals surface area contributed by atoms with Crippen molar-refractivity contribution < 1.29 is 9.59 Å². The van der Waals surface area contributed by atoms with Crippen molar-refractivity contribution in [1.29, 1.82) is 0 Å². The molecular formula is C19H18N4O2. The molecule has 0 spiro atoms. The summed E-state index contributed by atoms with van der Waals surface area (Å²) in [5, 5.41) is 3.76. The number of nitrogens with one attached hydrogen (secondary N) is 1. The Morgan fingerprint density at radius 3 is 2.64 bits per heavy atom. The van der Waals surface area contributed by atoms with E-state index >= 15 is 0 Å². The van der Waals surface area contributed by atoms with E-state index in [1.165, 1.54) is 0 Å². The number of amides is 2. The lowest BCUT2D eigenvalue weighted by molar-refractivity contribution is -0.130. The first-order valence-electron chi connectivity index (χ1n) is 8.23. The fourth-order valence-corrected chi connectivity index (χ4v) is 3.35. The first-order valence-corrected chi connectivity index (χ1v) is 8.23. The van der Waals surface area contributed by atoms with Crippen molar-refractivity contribution in [2.24, 2.45) is 0 Å². The number of benzene rings is 1. The summed E-state index contributed by atoms with van der Waals surface area (Å²) in [5.74, 6) is -0.165. The second kappa shape index (κ2) is 6.05. The minimum Gasteiger partial charge on any atom is -0.335 e. The average Bonchev–Trinajstić information content (AvgIpc) is 2.96. The van der Waals surface area contributed by atoms with Crippen molar-refractivity contribution in [2.45, 2.75) is 20.0 Å². The molecule has 3 aromatic rings. The molecule has 2 amide bonds. The third kappa shape index (κ3) is 2.65. The van der Waals surface area contributed by atoms with E-state index in [4.69, 9.17) is 0 Å². The van der Waals surface area contributed by atoms with Gasteiger partial charge >= 0.3 is 0 Å². The van der Waals surface area contributed by atoms with Crippen LogP contribution in [-0.4, -0.2) is 32.8 Å². The van der Waals surface area contributed by atoms with E-state index in [0.717, 1.165) is 22.4 Å². The summed E-state index contributed by atoms with van der Waals surface area (Å²) in [6.07, 6.45) is 1.73. The smallest absolute Gasteiger partial charge is 0.258 e. The predicted octanol–water partition coefficient (Wildman–Crippen LogP) is 2.65. The zero-order valence-electron chi connectivity index (χ0n) is 13.9. The van der Waals surface area contributed by atoms with Gasteiger partial charge in [-0.2, -0.15) is 0 Å². The Morgan fingerprint density at radius 2 is 1.88 bits per heavy atom. The number of anilines is 1. The highest BCUT2D eigenvalue weighted by atomic mass is 16.2. The fraction of sp³-hybridized carbons (Fsp3) is 0.211. The van der Waals surface area contributed by atoms with Crippen LogP contribution < -0.4 is 5.32 Å². The normalized spacial score (nSPS) is 13.6. The molecule has 0 unspecified atom stereocenters. The van der Waals surface area contributed by atoms with E-state index in [-0.39, 0.29) is 11.8 Å². The zero-order valence-corrected chi connectivity index (χ0v) is 13.9. The van der Waals surface area contributed by atoms with Crippen LogP contribution in [0.4, 0.5) is 5.69 Å². The Hall–Kier alpha value is -3.15. The molecule has 1 N–H and O–H groups in total. The van der Waals surface area contributed by atoms with Gasteiger partial charge in [-0.3, -0.25) is 9.59 Å². The van der Waals surface area contributed by atoms with E-state index in [0.29, 0.717) is 25.2 Å². The molecule has 25 heavy (non-hydrogen) atoms. The molecule has 0 bridgehead atoms. The van der Waals surface area contributed by atoms with Gasteiger partial charge in [-0.05, 0) is 24.3 Å². The largest absolute Gasteiger partial charge is 0.335 e. The van der Waals surface area contributed by atoms with Gasteiger partial charge < -0.3 is 14.8 Å². The van der Waals surface area contributed by atoms with Gasteiger partial charge in [0.2, 0.25) is 5.91 Å². The number of para-hydroxylation sites is 1. The summed E-state index contributed by atoms with van der Waals surface area (Å²) in [4.78, 5) is 31.0. The Bertz CT molecular complexity index is 962. The van der Waals surface area contributed by atoms with Gasteiger partial charge in [-0.1, -0.05) is 18.2 Å². The van der Waals surface area contributed by atoms with E-state index in [1.807, 2.05) is 42.5 Å². The summed E-state index contributed by atoms with van der Waals surface area (Å²) in [7, 11) is 0. The molecule has 3 heterocycles. The number of rotatable bonds is 2. The van der Waals surface area contributed by atoms with Crippen LogP contribution >= 0.6 is 0 Å². The van der Waals surface area contributed by atoms with Crippen molar-refractivity contribution in [1.82, 2.24) is 14.5 Å². The highest BCUT2D eigenvalue weighted by Gasteiger charge is 2.28. The molecule has 1 aromatic carbocycles. The van der Waals surface area contributed by atoms with Crippen molar-refractivity contribution in [2.75, 3.05) is 11.9 Å². The molecular weight excluding hydrogens is 316 g/mol. The second-order valence-corrected chi connectivity index (χ2v) is 6.11. The van der Waals surface area contributed by atoms with Gasteiger partial charge in [0.1, 0.15) is 5.65 Å². The molecule has 6 nitrogen and oxygen atoms in total.